The van der Waals surface area contributed by atoms with Crippen molar-refractivity contribution >= 4 is 28.9 Å². The van der Waals surface area contributed by atoms with E-state index in [2.05, 4.69) is 24.9 Å². The zero-order valence-electron chi connectivity index (χ0n) is 31.1. The van der Waals surface area contributed by atoms with Gasteiger partial charge in [-0.25, -0.2) is 4.90 Å². The molecule has 1 saturated heterocycles. The molecule has 0 bridgehead atoms. The summed E-state index contributed by atoms with van der Waals surface area (Å²) in [4.78, 5) is 43.3. The molecule has 2 amide bonds. The Kier molecular flexibility index (Phi) is 21.6. The maximum atomic E-state index is 12.9. The number of imide groups is 1. The first-order chi connectivity index (χ1) is 24.5. The molecule has 0 radical (unpaired) electrons. The monoisotopic (exact) mass is 708 g/mol. The Labute approximate surface area is 307 Å². The van der Waals surface area contributed by atoms with E-state index in [1.54, 1.807) is 0 Å². The molecule has 1 unspecified atom stereocenters. The Hall–Kier alpha value is -2.87. The molecule has 0 aliphatic carbocycles. The van der Waals surface area contributed by atoms with Crippen LogP contribution < -0.4 is 4.74 Å². The molecule has 278 valence electrons. The van der Waals surface area contributed by atoms with E-state index < -0.39 is 5.25 Å². The molecule has 1 aliphatic rings. The van der Waals surface area contributed by atoms with Crippen molar-refractivity contribution in [1.82, 2.24) is 9.88 Å². The van der Waals surface area contributed by atoms with Crippen molar-refractivity contribution in [3.8, 4) is 5.75 Å². The number of rotatable bonds is 29. The summed E-state index contributed by atoms with van der Waals surface area (Å²) in [5.74, 6) is 0.0903. The minimum absolute atomic E-state index is 0.304. The van der Waals surface area contributed by atoms with E-state index in [-0.39, 0.29) is 23.8 Å². The number of nitrogens with zero attached hydrogens (tertiary/aromatic N) is 2. The summed E-state index contributed by atoms with van der Waals surface area (Å²) in [6, 6.07) is 11.7. The third kappa shape index (κ3) is 17.4. The van der Waals surface area contributed by atoms with Gasteiger partial charge >= 0.3 is 5.97 Å². The van der Waals surface area contributed by atoms with E-state index in [0.29, 0.717) is 19.4 Å². The van der Waals surface area contributed by atoms with Crippen molar-refractivity contribution in [2.24, 2.45) is 0 Å². The third-order valence-electron chi connectivity index (χ3n) is 9.61. The Balaban J connectivity index is 1.15. The number of carbonyl (C=O) groups excluding carboxylic acids is 3. The number of hydrogen-bond donors (Lipinski definition) is 0. The van der Waals surface area contributed by atoms with Crippen molar-refractivity contribution in [1.29, 1.82) is 0 Å². The van der Waals surface area contributed by atoms with Crippen molar-refractivity contribution in [3.05, 3.63) is 59.4 Å². The zero-order valence-corrected chi connectivity index (χ0v) is 32.0. The second kappa shape index (κ2) is 26.0. The fraction of sp³-hybridized carbons (Fsp3) is 0.667. The topological polar surface area (TPSA) is 85.8 Å². The summed E-state index contributed by atoms with van der Waals surface area (Å²) in [6.45, 7) is 4.61. The summed E-state index contributed by atoms with van der Waals surface area (Å²) in [5, 5.41) is -0.887. The van der Waals surface area contributed by atoms with Crippen molar-refractivity contribution in [2.45, 2.75) is 167 Å². The molecule has 1 aliphatic heterocycles. The molecular weight excluding hydrogens is 645 g/mol. The van der Waals surface area contributed by atoms with Gasteiger partial charge in [-0.15, -0.1) is 0 Å². The van der Waals surface area contributed by atoms with Gasteiger partial charge in [0.25, 0.3) is 5.24 Å². The van der Waals surface area contributed by atoms with Crippen LogP contribution in [-0.2, 0) is 33.6 Å². The van der Waals surface area contributed by atoms with Crippen molar-refractivity contribution < 1.29 is 23.9 Å². The molecule has 8 heteroatoms. The van der Waals surface area contributed by atoms with E-state index in [9.17, 15) is 14.4 Å². The first kappa shape index (κ1) is 41.5. The molecule has 0 N–H and O–H groups in total. The standard InChI is InChI=1S/C42H64N2O5S/c1-3-5-6-7-8-9-10-11-12-13-14-15-16-17-18-19-20-21-22-23-40(45)49-34-44-41(46)39(50-42(44)47)32-36-25-28-38(29-26-36)48-31-30-37-27-24-35(4-2)33-43-37/h24-29,33,39H,3-23,30-32,34H2,1-2H3. The van der Waals surface area contributed by atoms with Gasteiger partial charge in [0.05, 0.1) is 11.9 Å². The van der Waals surface area contributed by atoms with Crippen LogP contribution in [0.15, 0.2) is 42.6 Å². The van der Waals surface area contributed by atoms with Gasteiger partial charge in [-0.3, -0.25) is 19.4 Å². The molecule has 50 heavy (non-hydrogen) atoms. The van der Waals surface area contributed by atoms with Gasteiger partial charge in [-0.05, 0) is 48.6 Å². The number of ether oxygens (including phenoxy) is 2. The van der Waals surface area contributed by atoms with Crippen LogP contribution in [0.5, 0.6) is 5.75 Å². The maximum Gasteiger partial charge on any atom is 0.307 e. The number of pyridine rings is 1. The smallest absolute Gasteiger partial charge is 0.307 e. The number of carbonyl (C=O) groups is 3. The van der Waals surface area contributed by atoms with Gasteiger partial charge < -0.3 is 9.47 Å². The van der Waals surface area contributed by atoms with Crippen LogP contribution in [0.4, 0.5) is 4.79 Å². The Morgan fingerprint density at radius 3 is 1.78 bits per heavy atom. The number of aromatic nitrogens is 1. The fourth-order valence-electron chi connectivity index (χ4n) is 6.32. The summed E-state index contributed by atoms with van der Waals surface area (Å²) >= 11 is 0.996. The number of thioether (sulfide) groups is 1. The Bertz CT molecular complexity index is 1220. The maximum absolute atomic E-state index is 12.9. The number of aryl methyl sites for hydroxylation is 1. The number of amides is 2. The lowest BCUT2D eigenvalue weighted by atomic mass is 10.0. The molecule has 1 aromatic heterocycles. The van der Waals surface area contributed by atoms with Crippen LogP contribution in [0.3, 0.4) is 0 Å². The van der Waals surface area contributed by atoms with E-state index in [1.165, 1.54) is 108 Å². The van der Waals surface area contributed by atoms with Crippen LogP contribution in [0.1, 0.15) is 159 Å². The van der Waals surface area contributed by atoms with E-state index in [0.717, 1.165) is 65.8 Å². The summed E-state index contributed by atoms with van der Waals surface area (Å²) < 4.78 is 11.2. The van der Waals surface area contributed by atoms with Crippen LogP contribution in [0.25, 0.3) is 0 Å². The SMILES string of the molecule is CCCCCCCCCCCCCCCCCCCCCC(=O)OCN1C(=O)SC(Cc2ccc(OCCc3ccc(CC)cn3)cc2)C1=O. The van der Waals surface area contributed by atoms with E-state index in [4.69, 9.17) is 9.47 Å². The largest absolute Gasteiger partial charge is 0.493 e. The molecule has 1 atom stereocenters. The highest BCUT2D eigenvalue weighted by molar-refractivity contribution is 8.15. The second-order valence-electron chi connectivity index (χ2n) is 13.9. The number of benzene rings is 1. The molecule has 0 spiro atoms. The highest BCUT2D eigenvalue weighted by Crippen LogP contribution is 2.30. The van der Waals surface area contributed by atoms with Gasteiger partial charge in [0.1, 0.15) is 5.75 Å². The van der Waals surface area contributed by atoms with Gasteiger partial charge in [-0.1, -0.05) is 159 Å². The molecule has 3 rings (SSSR count). The lowest BCUT2D eigenvalue weighted by Gasteiger charge is -2.14. The Morgan fingerprint density at radius 2 is 1.26 bits per heavy atom. The van der Waals surface area contributed by atoms with Gasteiger partial charge in [-0.2, -0.15) is 0 Å². The van der Waals surface area contributed by atoms with Crippen molar-refractivity contribution in [3.63, 3.8) is 0 Å². The number of hydrogen-bond acceptors (Lipinski definition) is 7. The fourth-order valence-corrected chi connectivity index (χ4v) is 7.34. The molecule has 2 aromatic rings. The average molecular weight is 709 g/mol. The first-order valence-electron chi connectivity index (χ1n) is 19.8. The summed E-state index contributed by atoms with van der Waals surface area (Å²) in [7, 11) is 0. The molecule has 7 nitrogen and oxygen atoms in total. The molecule has 2 heterocycles. The van der Waals surface area contributed by atoms with E-state index >= 15 is 0 Å². The van der Waals surface area contributed by atoms with Crippen LogP contribution >= 0.6 is 11.8 Å². The highest BCUT2D eigenvalue weighted by atomic mass is 32.2. The summed E-state index contributed by atoms with van der Waals surface area (Å²) in [5.41, 5.74) is 3.16. The summed E-state index contributed by atoms with van der Waals surface area (Å²) in [6.07, 6.45) is 29.2. The van der Waals surface area contributed by atoms with Gasteiger partial charge in [0.15, 0.2) is 6.73 Å². The van der Waals surface area contributed by atoms with Crippen LogP contribution in [0, 0.1) is 0 Å². The minimum atomic E-state index is -0.523. The number of unbranched alkanes of at least 4 members (excludes halogenated alkanes) is 18. The molecular formula is C42H64N2O5S. The molecule has 1 aromatic carbocycles. The van der Waals surface area contributed by atoms with Gasteiger partial charge in [0.2, 0.25) is 5.91 Å². The molecule has 0 saturated carbocycles. The average Bonchev–Trinajstić information content (AvgIpc) is 3.39. The van der Waals surface area contributed by atoms with Gasteiger partial charge in [0, 0.05) is 24.7 Å². The lowest BCUT2D eigenvalue weighted by Crippen LogP contribution is -2.35. The van der Waals surface area contributed by atoms with E-state index in [1.807, 2.05) is 36.5 Å². The third-order valence-corrected chi connectivity index (χ3v) is 10.7. The highest BCUT2D eigenvalue weighted by Gasteiger charge is 2.40. The predicted octanol–water partition coefficient (Wildman–Crippen LogP) is 11.2. The lowest BCUT2D eigenvalue weighted by molar-refractivity contribution is -0.149. The first-order valence-corrected chi connectivity index (χ1v) is 20.7. The normalized spacial score (nSPS) is 14.4. The second-order valence-corrected chi connectivity index (χ2v) is 15.0. The predicted molar refractivity (Wildman–Crippen MR) is 206 cm³/mol. The number of esters is 1. The van der Waals surface area contributed by atoms with Crippen molar-refractivity contribution in [2.75, 3.05) is 13.3 Å². The minimum Gasteiger partial charge on any atom is -0.493 e. The van der Waals surface area contributed by atoms with Crippen LogP contribution in [0.2, 0.25) is 0 Å². The quantitative estimate of drug-likeness (QED) is 0.0614. The molecule has 1 fully saturated rings. The van der Waals surface area contributed by atoms with Crippen LogP contribution in [-0.4, -0.2) is 45.6 Å². The zero-order chi connectivity index (χ0) is 35.7. The Morgan fingerprint density at radius 1 is 0.720 bits per heavy atom.